The maximum atomic E-state index is 6.54. The summed E-state index contributed by atoms with van der Waals surface area (Å²) >= 11 is 0. The molecule has 0 saturated carbocycles. The van der Waals surface area contributed by atoms with Crippen molar-refractivity contribution in [3.05, 3.63) is 192 Å². The summed E-state index contributed by atoms with van der Waals surface area (Å²) in [6, 6.07) is 61.7. The van der Waals surface area contributed by atoms with Crippen LogP contribution in [0, 0.1) is 0 Å². The van der Waals surface area contributed by atoms with E-state index in [-0.39, 0.29) is 10.8 Å². The van der Waals surface area contributed by atoms with Gasteiger partial charge in [0.25, 0.3) is 0 Å². The van der Waals surface area contributed by atoms with Crippen LogP contribution in [0.25, 0.3) is 66.7 Å². The summed E-state index contributed by atoms with van der Waals surface area (Å²) in [6.45, 7) is 9.40. The Morgan fingerprint density at radius 2 is 1.02 bits per heavy atom. The molecule has 0 saturated heterocycles. The molecule has 3 nitrogen and oxygen atoms in total. The van der Waals surface area contributed by atoms with Crippen molar-refractivity contribution in [1.82, 2.24) is 4.98 Å². The van der Waals surface area contributed by atoms with E-state index in [1.165, 1.54) is 44.5 Å². The van der Waals surface area contributed by atoms with Crippen molar-refractivity contribution in [3.63, 3.8) is 0 Å². The first kappa shape index (κ1) is 32.7. The molecule has 9 aromatic rings. The Balaban J connectivity index is 1.07. The van der Waals surface area contributed by atoms with Crippen LogP contribution in [0.2, 0.25) is 0 Å². The number of hydrogen-bond donors (Lipinski definition) is 0. The molecule has 1 aromatic heterocycles. The lowest BCUT2D eigenvalue weighted by Crippen LogP contribution is -2.17. The van der Waals surface area contributed by atoms with Crippen molar-refractivity contribution in [3.8, 4) is 44.8 Å². The first-order valence-electron chi connectivity index (χ1n) is 19.5. The lowest BCUT2D eigenvalue weighted by atomic mass is 9.82. The quantitative estimate of drug-likeness (QED) is 0.177. The summed E-state index contributed by atoms with van der Waals surface area (Å²) in [5.74, 6) is 0.634. The molecule has 8 aromatic carbocycles. The van der Waals surface area contributed by atoms with Crippen molar-refractivity contribution in [2.24, 2.45) is 0 Å². The molecule has 56 heavy (non-hydrogen) atoms. The largest absolute Gasteiger partial charge is 0.435 e. The molecule has 11 rings (SSSR count). The van der Waals surface area contributed by atoms with Crippen molar-refractivity contribution >= 4 is 38.9 Å². The van der Waals surface area contributed by atoms with Gasteiger partial charge in [-0.15, -0.1) is 0 Å². The van der Waals surface area contributed by atoms with Crippen molar-refractivity contribution in [2.45, 2.75) is 38.5 Å². The van der Waals surface area contributed by atoms with E-state index in [4.69, 9.17) is 9.40 Å². The molecule has 0 atom stereocenters. The van der Waals surface area contributed by atoms with Gasteiger partial charge in [-0.25, -0.2) is 4.98 Å². The molecule has 0 radical (unpaired) electrons. The van der Waals surface area contributed by atoms with E-state index >= 15 is 0 Å². The number of anilines is 3. The Hall–Kier alpha value is -6.71. The Labute approximate surface area is 327 Å². The molecule has 0 N–H and O–H groups in total. The topological polar surface area (TPSA) is 29.3 Å². The molecule has 0 fully saturated rings. The van der Waals surface area contributed by atoms with Crippen LogP contribution in [-0.4, -0.2) is 4.98 Å². The maximum absolute atomic E-state index is 6.54. The highest BCUT2D eigenvalue weighted by atomic mass is 16.3. The van der Waals surface area contributed by atoms with Crippen LogP contribution in [0.1, 0.15) is 49.9 Å². The molecule has 0 unspecified atom stereocenters. The second-order valence-electron chi connectivity index (χ2n) is 16.4. The molecule has 0 amide bonds. The van der Waals surface area contributed by atoms with Crippen LogP contribution < -0.4 is 4.90 Å². The standard InChI is InChI=1S/C53H40N2O/c1-52(2)45-20-11-9-17-41(45)43-31-37(27-29-46(43)52)55(38-26-28-42-40-16-8-10-19-44(40)53(3,4)47(42)32-38)36-24-21-33(22-25-36)39-18-12-15-34-23-30-48-50(49(34)39)56-51(54-48)35-13-6-5-7-14-35/h5-32H,1-4H3. The summed E-state index contributed by atoms with van der Waals surface area (Å²) in [4.78, 5) is 7.33. The predicted octanol–water partition coefficient (Wildman–Crippen LogP) is 14.4. The van der Waals surface area contributed by atoms with Crippen LogP contribution in [0.4, 0.5) is 17.1 Å². The van der Waals surface area contributed by atoms with Gasteiger partial charge in [-0.1, -0.05) is 143 Å². The summed E-state index contributed by atoms with van der Waals surface area (Å²) < 4.78 is 6.54. The van der Waals surface area contributed by atoms with Crippen molar-refractivity contribution in [1.29, 1.82) is 0 Å². The first-order valence-corrected chi connectivity index (χ1v) is 19.5. The summed E-state index contributed by atoms with van der Waals surface area (Å²) in [7, 11) is 0. The first-order chi connectivity index (χ1) is 27.3. The highest BCUT2D eigenvalue weighted by molar-refractivity contribution is 6.11. The average Bonchev–Trinajstić information content (AvgIpc) is 3.85. The lowest BCUT2D eigenvalue weighted by Gasteiger charge is -2.29. The van der Waals surface area contributed by atoms with E-state index in [0.29, 0.717) is 5.89 Å². The molecule has 0 aliphatic heterocycles. The van der Waals surface area contributed by atoms with Gasteiger partial charge in [0.1, 0.15) is 5.52 Å². The smallest absolute Gasteiger partial charge is 0.227 e. The van der Waals surface area contributed by atoms with Gasteiger partial charge >= 0.3 is 0 Å². The van der Waals surface area contributed by atoms with Crippen LogP contribution >= 0.6 is 0 Å². The third-order valence-corrected chi connectivity index (χ3v) is 12.5. The number of aromatic nitrogens is 1. The molecular formula is C53H40N2O. The van der Waals surface area contributed by atoms with Crippen molar-refractivity contribution < 1.29 is 4.42 Å². The molecule has 3 heteroatoms. The monoisotopic (exact) mass is 720 g/mol. The number of rotatable bonds is 5. The molecule has 0 spiro atoms. The molecule has 2 aliphatic rings. The number of benzene rings is 8. The van der Waals surface area contributed by atoms with E-state index in [1.54, 1.807) is 0 Å². The van der Waals surface area contributed by atoms with Gasteiger partial charge in [-0.3, -0.25) is 0 Å². The minimum atomic E-state index is -0.112. The predicted molar refractivity (Wildman–Crippen MR) is 232 cm³/mol. The van der Waals surface area contributed by atoms with E-state index in [2.05, 4.69) is 172 Å². The van der Waals surface area contributed by atoms with Gasteiger partial charge in [0, 0.05) is 38.8 Å². The lowest BCUT2D eigenvalue weighted by molar-refractivity contribution is 0.623. The van der Waals surface area contributed by atoms with E-state index < -0.39 is 0 Å². The van der Waals surface area contributed by atoms with Gasteiger partial charge in [0.2, 0.25) is 5.89 Å². The summed E-state index contributed by atoms with van der Waals surface area (Å²) in [6.07, 6.45) is 0. The number of hydrogen-bond acceptors (Lipinski definition) is 3. The summed E-state index contributed by atoms with van der Waals surface area (Å²) in [5.41, 5.74) is 18.9. The maximum Gasteiger partial charge on any atom is 0.227 e. The molecular weight excluding hydrogens is 681 g/mol. The van der Waals surface area contributed by atoms with E-state index in [9.17, 15) is 0 Å². The second-order valence-corrected chi connectivity index (χ2v) is 16.4. The fourth-order valence-corrected chi connectivity index (χ4v) is 9.62. The van der Waals surface area contributed by atoms with Crippen molar-refractivity contribution in [2.75, 3.05) is 4.90 Å². The van der Waals surface area contributed by atoms with Crippen LogP contribution in [0.5, 0.6) is 0 Å². The Kier molecular flexibility index (Phi) is 6.94. The van der Waals surface area contributed by atoms with Gasteiger partial charge < -0.3 is 9.32 Å². The molecule has 1 heterocycles. The van der Waals surface area contributed by atoms with Gasteiger partial charge in [-0.2, -0.15) is 0 Å². The van der Waals surface area contributed by atoms with Gasteiger partial charge in [-0.05, 0) is 116 Å². The highest BCUT2D eigenvalue weighted by Crippen LogP contribution is 2.53. The zero-order valence-corrected chi connectivity index (χ0v) is 32.0. The second kappa shape index (κ2) is 11.9. The van der Waals surface area contributed by atoms with E-state index in [0.717, 1.165) is 55.6 Å². The molecule has 0 bridgehead atoms. The third kappa shape index (κ3) is 4.73. The zero-order chi connectivity index (χ0) is 37.8. The Morgan fingerprint density at radius 3 is 1.79 bits per heavy atom. The Morgan fingerprint density at radius 1 is 0.429 bits per heavy atom. The number of oxazole rings is 1. The molecule has 268 valence electrons. The zero-order valence-electron chi connectivity index (χ0n) is 32.0. The minimum absolute atomic E-state index is 0.0600. The van der Waals surface area contributed by atoms with Crippen LogP contribution in [-0.2, 0) is 10.8 Å². The fraction of sp³-hybridized carbons (Fsp3) is 0.113. The van der Waals surface area contributed by atoms with Gasteiger partial charge in [0.15, 0.2) is 5.58 Å². The van der Waals surface area contributed by atoms with Crippen LogP contribution in [0.15, 0.2) is 174 Å². The minimum Gasteiger partial charge on any atom is -0.435 e. The number of nitrogens with zero attached hydrogens (tertiary/aromatic N) is 2. The summed E-state index contributed by atoms with van der Waals surface area (Å²) in [5, 5.41) is 2.20. The molecule has 2 aliphatic carbocycles. The normalized spacial score (nSPS) is 14.4. The average molecular weight is 721 g/mol. The Bertz CT molecular complexity index is 3020. The van der Waals surface area contributed by atoms with E-state index in [1.807, 2.05) is 30.3 Å². The highest BCUT2D eigenvalue weighted by Gasteiger charge is 2.37. The SMILES string of the molecule is CC1(C)c2ccccc2-c2cc(N(c3ccc(-c4cccc5ccc6nc(-c7ccccc7)oc6c45)cc3)c3ccc4c(c3)C(C)(C)c3ccccc3-4)ccc21. The van der Waals surface area contributed by atoms with Crippen LogP contribution in [0.3, 0.4) is 0 Å². The van der Waals surface area contributed by atoms with Gasteiger partial charge in [0.05, 0.1) is 0 Å². The third-order valence-electron chi connectivity index (χ3n) is 12.5. The fourth-order valence-electron chi connectivity index (χ4n) is 9.62. The number of fused-ring (bicyclic) bond motifs is 9.